The third kappa shape index (κ3) is 4.37. The van der Waals surface area contributed by atoms with E-state index in [4.69, 9.17) is 5.73 Å². The molecule has 102 valence electrons. The fourth-order valence-corrected chi connectivity index (χ4v) is 1.19. The Kier molecular flexibility index (Phi) is 7.04. The summed E-state index contributed by atoms with van der Waals surface area (Å²) in [5, 5.41) is 0. The zero-order valence-corrected chi connectivity index (χ0v) is 10.5. The van der Waals surface area contributed by atoms with Crippen molar-refractivity contribution < 1.29 is 22.7 Å². The van der Waals surface area contributed by atoms with Crippen molar-refractivity contribution in [3.63, 3.8) is 0 Å². The Balaban J connectivity index is 0.00000137. The van der Waals surface area contributed by atoms with Gasteiger partial charge in [-0.05, 0) is 11.6 Å². The number of hydrogen-bond acceptors (Lipinski definition) is 3. The second kappa shape index (κ2) is 7.71. The summed E-state index contributed by atoms with van der Waals surface area (Å²) in [6.07, 6.45) is -0.254. The molecule has 0 fully saturated rings. The molecule has 1 rings (SSSR count). The van der Waals surface area contributed by atoms with Crippen LogP contribution in [0.2, 0.25) is 0 Å². The molecule has 0 saturated heterocycles. The summed E-state index contributed by atoms with van der Waals surface area (Å²) in [6, 6.07) is -0.0216. The van der Waals surface area contributed by atoms with Gasteiger partial charge >= 0.3 is 5.97 Å². The molecule has 0 unspecified atom stereocenters. The van der Waals surface area contributed by atoms with Gasteiger partial charge in [-0.1, -0.05) is 13.8 Å². The number of carbonyl (C=O) groups excluding carboxylic acids is 1. The molecule has 0 aliphatic rings. The molecule has 0 spiro atoms. The third-order valence-electron chi connectivity index (χ3n) is 2.03. The van der Waals surface area contributed by atoms with Crippen LogP contribution >= 0.6 is 0 Å². The molecule has 2 N–H and O–H groups in total. The number of esters is 1. The highest BCUT2D eigenvalue weighted by atomic mass is 19.2. The number of nitrogens with two attached hydrogens (primary N) is 1. The highest BCUT2D eigenvalue weighted by Gasteiger charge is 2.18. The first-order valence-corrected chi connectivity index (χ1v) is 5.42. The molecule has 0 heterocycles. The van der Waals surface area contributed by atoms with Crippen LogP contribution in [0, 0.1) is 17.5 Å². The maximum Gasteiger partial charge on any atom is 0.322 e. The van der Waals surface area contributed by atoms with Gasteiger partial charge in [0.05, 0.1) is 7.11 Å². The summed E-state index contributed by atoms with van der Waals surface area (Å²) in [4.78, 5) is 10.9. The Morgan fingerprint density at radius 1 is 1.22 bits per heavy atom. The molecule has 3 nitrogen and oxygen atoms in total. The highest BCUT2D eigenvalue weighted by Crippen LogP contribution is 2.15. The predicted octanol–water partition coefficient (Wildman–Crippen LogP) is 2.17. The van der Waals surface area contributed by atoms with Crippen LogP contribution in [-0.4, -0.2) is 19.1 Å². The molecule has 6 heteroatoms. The lowest BCUT2D eigenvalue weighted by molar-refractivity contribution is -0.142. The van der Waals surface area contributed by atoms with Crippen molar-refractivity contribution in [2.45, 2.75) is 26.3 Å². The van der Waals surface area contributed by atoms with Crippen LogP contribution in [-0.2, 0) is 16.0 Å². The molecule has 1 aromatic carbocycles. The van der Waals surface area contributed by atoms with E-state index in [1.165, 1.54) is 0 Å². The normalized spacial score (nSPS) is 11.3. The van der Waals surface area contributed by atoms with Crippen molar-refractivity contribution in [1.29, 1.82) is 0 Å². The van der Waals surface area contributed by atoms with Crippen molar-refractivity contribution in [2.24, 2.45) is 5.73 Å². The quantitative estimate of drug-likeness (QED) is 0.671. The maximum atomic E-state index is 13.1. The van der Waals surface area contributed by atoms with E-state index in [-0.39, 0.29) is 12.0 Å². The van der Waals surface area contributed by atoms with Crippen molar-refractivity contribution in [3.05, 3.63) is 35.1 Å². The fraction of sp³-hybridized carbons (Fsp3) is 0.417. The average Bonchev–Trinajstić information content (AvgIpc) is 2.37. The largest absolute Gasteiger partial charge is 0.468 e. The van der Waals surface area contributed by atoms with Gasteiger partial charge in [-0.3, -0.25) is 4.79 Å². The minimum Gasteiger partial charge on any atom is -0.468 e. The Labute approximate surface area is 104 Å². The van der Waals surface area contributed by atoms with E-state index in [0.29, 0.717) is 12.1 Å². The molecule has 0 bridgehead atoms. The second-order valence-electron chi connectivity index (χ2n) is 3.19. The minimum atomic E-state index is -1.28. The molecular formula is C12H16F3NO2. The zero-order valence-electron chi connectivity index (χ0n) is 10.5. The minimum absolute atomic E-state index is 0.170. The van der Waals surface area contributed by atoms with E-state index < -0.39 is 29.5 Å². The van der Waals surface area contributed by atoms with Crippen LogP contribution in [0.15, 0.2) is 12.1 Å². The predicted molar refractivity (Wildman–Crippen MR) is 61.4 cm³/mol. The Bertz CT molecular complexity index is 411. The van der Waals surface area contributed by atoms with Crippen molar-refractivity contribution in [3.8, 4) is 0 Å². The standard InChI is InChI=1S/C10H10F3NO2.C2H6/c1-16-10(15)9(14)3-5-2-7(12)8(13)4-6(5)11;1-2/h2,4,9H,3,14H2,1H3;1-2H3/t9-;/m1./s1. The van der Waals surface area contributed by atoms with Crippen molar-refractivity contribution >= 4 is 5.97 Å². The molecule has 0 amide bonds. The molecule has 0 saturated carbocycles. The lowest BCUT2D eigenvalue weighted by atomic mass is 10.1. The van der Waals surface area contributed by atoms with E-state index in [1.54, 1.807) is 0 Å². The molecule has 1 atom stereocenters. The zero-order chi connectivity index (χ0) is 14.3. The van der Waals surface area contributed by atoms with Crippen LogP contribution in [0.25, 0.3) is 0 Å². The lowest BCUT2D eigenvalue weighted by Crippen LogP contribution is -2.34. The smallest absolute Gasteiger partial charge is 0.322 e. The number of benzene rings is 1. The van der Waals surface area contributed by atoms with Gasteiger partial charge in [0.15, 0.2) is 11.6 Å². The first kappa shape index (κ1) is 16.4. The molecule has 0 aliphatic heterocycles. The van der Waals surface area contributed by atoms with Crippen LogP contribution < -0.4 is 5.73 Å². The van der Waals surface area contributed by atoms with Crippen LogP contribution in [0.5, 0.6) is 0 Å². The van der Waals surface area contributed by atoms with E-state index >= 15 is 0 Å². The first-order chi connectivity index (χ1) is 8.45. The van der Waals surface area contributed by atoms with Gasteiger partial charge in [-0.25, -0.2) is 13.2 Å². The molecule has 1 aromatic rings. The lowest BCUT2D eigenvalue weighted by Gasteiger charge is -2.10. The highest BCUT2D eigenvalue weighted by molar-refractivity contribution is 5.75. The third-order valence-corrected chi connectivity index (χ3v) is 2.03. The van der Waals surface area contributed by atoms with Gasteiger partial charge in [0.1, 0.15) is 11.9 Å². The molecular weight excluding hydrogens is 247 g/mol. The molecule has 0 radical (unpaired) electrons. The second-order valence-corrected chi connectivity index (χ2v) is 3.19. The van der Waals surface area contributed by atoms with E-state index in [9.17, 15) is 18.0 Å². The summed E-state index contributed by atoms with van der Waals surface area (Å²) in [7, 11) is 1.13. The van der Waals surface area contributed by atoms with Gasteiger partial charge in [0.2, 0.25) is 0 Å². The van der Waals surface area contributed by atoms with Gasteiger partial charge in [0.25, 0.3) is 0 Å². The Morgan fingerprint density at radius 3 is 2.22 bits per heavy atom. The molecule has 18 heavy (non-hydrogen) atoms. The van der Waals surface area contributed by atoms with Crippen LogP contribution in [0.1, 0.15) is 19.4 Å². The van der Waals surface area contributed by atoms with Gasteiger partial charge in [-0.15, -0.1) is 0 Å². The number of methoxy groups -OCH3 is 1. The summed E-state index contributed by atoms with van der Waals surface area (Å²) in [5.41, 5.74) is 5.19. The average molecular weight is 263 g/mol. The maximum absolute atomic E-state index is 13.1. The Hall–Kier alpha value is -1.56. The van der Waals surface area contributed by atoms with Crippen LogP contribution in [0.3, 0.4) is 0 Å². The van der Waals surface area contributed by atoms with Gasteiger partial charge < -0.3 is 10.5 Å². The number of carbonyl (C=O) groups is 1. The van der Waals surface area contributed by atoms with E-state index in [1.807, 2.05) is 13.8 Å². The van der Waals surface area contributed by atoms with Gasteiger partial charge in [0, 0.05) is 12.5 Å². The SMILES string of the molecule is CC.COC(=O)[C@H](N)Cc1cc(F)c(F)cc1F. The summed E-state index contributed by atoms with van der Waals surface area (Å²) in [6.45, 7) is 4.00. The summed E-state index contributed by atoms with van der Waals surface area (Å²) >= 11 is 0. The fourth-order valence-electron chi connectivity index (χ4n) is 1.19. The Morgan fingerprint density at radius 2 is 1.72 bits per heavy atom. The topological polar surface area (TPSA) is 52.3 Å². The number of hydrogen-bond donors (Lipinski definition) is 1. The molecule has 0 aromatic heterocycles. The number of halogens is 3. The van der Waals surface area contributed by atoms with Crippen molar-refractivity contribution in [2.75, 3.05) is 7.11 Å². The van der Waals surface area contributed by atoms with Gasteiger partial charge in [-0.2, -0.15) is 0 Å². The summed E-state index contributed by atoms with van der Waals surface area (Å²) < 4.78 is 42.8. The van der Waals surface area contributed by atoms with Crippen LogP contribution in [0.4, 0.5) is 13.2 Å². The molecule has 0 aliphatic carbocycles. The van der Waals surface area contributed by atoms with Crippen molar-refractivity contribution in [1.82, 2.24) is 0 Å². The number of ether oxygens (including phenoxy) is 1. The van der Waals surface area contributed by atoms with E-state index in [0.717, 1.165) is 7.11 Å². The van der Waals surface area contributed by atoms with E-state index in [2.05, 4.69) is 4.74 Å². The number of rotatable bonds is 3. The first-order valence-electron chi connectivity index (χ1n) is 5.42. The summed E-state index contributed by atoms with van der Waals surface area (Å²) in [5.74, 6) is -4.16. The monoisotopic (exact) mass is 263 g/mol.